The highest BCUT2D eigenvalue weighted by atomic mass is 35.5. The summed E-state index contributed by atoms with van der Waals surface area (Å²) in [5.41, 5.74) is 1.80. The Labute approximate surface area is 180 Å². The van der Waals surface area contributed by atoms with E-state index >= 15 is 0 Å². The van der Waals surface area contributed by atoms with Gasteiger partial charge in [-0.2, -0.15) is 4.98 Å². The number of carbonyl (C=O) groups is 1. The van der Waals surface area contributed by atoms with Crippen LogP contribution < -0.4 is 20.1 Å². The SMILES string of the molecule is COc1ccc(Cl)cc1C(=O)Nc1ccc(Nc2cc(OC(C)C)nc(C)n2)cc1. The summed E-state index contributed by atoms with van der Waals surface area (Å²) >= 11 is 6.01. The fraction of sp³-hybridized carbons (Fsp3) is 0.227. The van der Waals surface area contributed by atoms with E-state index in [4.69, 9.17) is 21.1 Å². The summed E-state index contributed by atoms with van der Waals surface area (Å²) in [6.45, 7) is 5.69. The molecule has 1 amide bonds. The van der Waals surface area contributed by atoms with Crippen molar-refractivity contribution in [1.82, 2.24) is 9.97 Å². The first-order chi connectivity index (χ1) is 14.3. The van der Waals surface area contributed by atoms with Gasteiger partial charge in [-0.3, -0.25) is 4.79 Å². The lowest BCUT2D eigenvalue weighted by atomic mass is 10.1. The molecule has 0 aliphatic rings. The quantitative estimate of drug-likeness (QED) is 0.538. The largest absolute Gasteiger partial charge is 0.496 e. The minimum absolute atomic E-state index is 0.0214. The number of hydrogen-bond acceptors (Lipinski definition) is 6. The van der Waals surface area contributed by atoms with Crippen LogP contribution in [0.1, 0.15) is 30.0 Å². The first kappa shape index (κ1) is 21.4. The van der Waals surface area contributed by atoms with Crippen molar-refractivity contribution in [3.05, 3.63) is 64.9 Å². The summed E-state index contributed by atoms with van der Waals surface area (Å²) in [4.78, 5) is 21.2. The van der Waals surface area contributed by atoms with Gasteiger partial charge in [-0.15, -0.1) is 0 Å². The topological polar surface area (TPSA) is 85.4 Å². The van der Waals surface area contributed by atoms with Gasteiger partial charge in [-0.1, -0.05) is 11.6 Å². The van der Waals surface area contributed by atoms with E-state index in [0.29, 0.717) is 39.5 Å². The maximum Gasteiger partial charge on any atom is 0.259 e. The van der Waals surface area contributed by atoms with Crippen molar-refractivity contribution < 1.29 is 14.3 Å². The van der Waals surface area contributed by atoms with Gasteiger partial charge < -0.3 is 20.1 Å². The monoisotopic (exact) mass is 426 g/mol. The molecule has 156 valence electrons. The number of nitrogens with one attached hydrogen (secondary N) is 2. The maximum atomic E-state index is 12.6. The molecule has 0 bridgehead atoms. The molecule has 7 nitrogen and oxygen atoms in total. The molecule has 3 aromatic rings. The lowest BCUT2D eigenvalue weighted by molar-refractivity contribution is 0.102. The third-order valence-corrected chi connectivity index (χ3v) is 4.23. The Bertz CT molecular complexity index is 1040. The van der Waals surface area contributed by atoms with E-state index in [-0.39, 0.29) is 12.0 Å². The zero-order valence-electron chi connectivity index (χ0n) is 17.2. The number of rotatable bonds is 7. The van der Waals surface area contributed by atoms with Crippen LogP contribution in [0, 0.1) is 6.92 Å². The number of nitrogens with zero attached hydrogens (tertiary/aromatic N) is 2. The van der Waals surface area contributed by atoms with Crippen LogP contribution in [0.5, 0.6) is 11.6 Å². The number of methoxy groups -OCH3 is 1. The molecule has 0 unspecified atom stereocenters. The number of carbonyl (C=O) groups excluding carboxylic acids is 1. The van der Waals surface area contributed by atoms with Gasteiger partial charge >= 0.3 is 0 Å². The zero-order valence-corrected chi connectivity index (χ0v) is 17.9. The molecule has 0 radical (unpaired) electrons. The van der Waals surface area contributed by atoms with Crippen LogP contribution in [-0.4, -0.2) is 29.1 Å². The summed E-state index contributed by atoms with van der Waals surface area (Å²) in [5, 5.41) is 6.51. The van der Waals surface area contributed by atoms with Gasteiger partial charge in [0.2, 0.25) is 5.88 Å². The number of hydrogen-bond donors (Lipinski definition) is 2. The van der Waals surface area contributed by atoms with Crippen molar-refractivity contribution in [3.63, 3.8) is 0 Å². The summed E-state index contributed by atoms with van der Waals surface area (Å²) in [7, 11) is 1.51. The summed E-state index contributed by atoms with van der Waals surface area (Å²) in [6.07, 6.45) is 0.0214. The van der Waals surface area contributed by atoms with Crippen molar-refractivity contribution in [3.8, 4) is 11.6 Å². The molecular formula is C22H23ClN4O3. The highest BCUT2D eigenvalue weighted by molar-refractivity contribution is 6.31. The van der Waals surface area contributed by atoms with E-state index in [1.807, 2.05) is 26.0 Å². The number of halogens is 1. The van der Waals surface area contributed by atoms with E-state index < -0.39 is 0 Å². The Hall–Kier alpha value is -3.32. The van der Waals surface area contributed by atoms with Crippen molar-refractivity contribution >= 4 is 34.7 Å². The fourth-order valence-electron chi connectivity index (χ4n) is 2.75. The highest BCUT2D eigenvalue weighted by Gasteiger charge is 2.13. The summed E-state index contributed by atoms with van der Waals surface area (Å²) in [6, 6.07) is 13.9. The second-order valence-corrected chi connectivity index (χ2v) is 7.24. The molecule has 0 aliphatic heterocycles. The van der Waals surface area contributed by atoms with Crippen LogP contribution in [0.25, 0.3) is 0 Å². The molecule has 0 fully saturated rings. The van der Waals surface area contributed by atoms with Crippen molar-refractivity contribution in [2.45, 2.75) is 26.9 Å². The van der Waals surface area contributed by atoms with Crippen LogP contribution >= 0.6 is 11.6 Å². The number of benzene rings is 2. The van der Waals surface area contributed by atoms with E-state index in [1.165, 1.54) is 7.11 Å². The van der Waals surface area contributed by atoms with Crippen LogP contribution in [0.2, 0.25) is 5.02 Å². The van der Waals surface area contributed by atoms with Crippen LogP contribution in [0.4, 0.5) is 17.2 Å². The molecule has 0 atom stereocenters. The van der Waals surface area contributed by atoms with Gasteiger partial charge in [0.1, 0.15) is 17.4 Å². The van der Waals surface area contributed by atoms with Crippen molar-refractivity contribution in [2.24, 2.45) is 0 Å². The fourth-order valence-corrected chi connectivity index (χ4v) is 2.92. The average Bonchev–Trinajstić information content (AvgIpc) is 2.68. The molecule has 0 saturated carbocycles. The van der Waals surface area contributed by atoms with E-state index in [1.54, 1.807) is 43.3 Å². The van der Waals surface area contributed by atoms with Crippen LogP contribution in [0.3, 0.4) is 0 Å². The standard InChI is InChI=1S/C22H23ClN4O3/c1-13(2)30-21-12-20(24-14(3)25-21)26-16-6-8-17(9-7-16)27-22(28)18-11-15(23)5-10-19(18)29-4/h5-13H,1-4H3,(H,27,28)(H,24,25,26). The summed E-state index contributed by atoms with van der Waals surface area (Å²) in [5.74, 6) is 1.89. The number of ether oxygens (including phenoxy) is 2. The minimum atomic E-state index is -0.308. The Morgan fingerprint density at radius 2 is 1.73 bits per heavy atom. The molecule has 0 saturated heterocycles. The molecule has 2 N–H and O–H groups in total. The lowest BCUT2D eigenvalue weighted by Crippen LogP contribution is -2.13. The molecule has 8 heteroatoms. The normalized spacial score (nSPS) is 10.6. The number of amides is 1. The Balaban J connectivity index is 1.71. The van der Waals surface area contributed by atoms with Gasteiger partial charge in [0.05, 0.1) is 18.8 Å². The molecule has 30 heavy (non-hydrogen) atoms. The molecule has 0 spiro atoms. The molecular weight excluding hydrogens is 404 g/mol. The van der Waals surface area contributed by atoms with E-state index in [0.717, 1.165) is 5.69 Å². The van der Waals surface area contributed by atoms with Crippen molar-refractivity contribution in [2.75, 3.05) is 17.7 Å². The Morgan fingerprint density at radius 1 is 1.03 bits per heavy atom. The predicted molar refractivity (Wildman–Crippen MR) is 118 cm³/mol. The van der Waals surface area contributed by atoms with E-state index in [9.17, 15) is 4.79 Å². The molecule has 1 heterocycles. The maximum absolute atomic E-state index is 12.6. The van der Waals surface area contributed by atoms with Gasteiger partial charge in [0.15, 0.2) is 0 Å². The molecule has 1 aromatic heterocycles. The molecule has 3 rings (SSSR count). The van der Waals surface area contributed by atoms with Gasteiger partial charge in [0.25, 0.3) is 5.91 Å². The molecule has 0 aliphatic carbocycles. The number of aryl methyl sites for hydroxylation is 1. The average molecular weight is 427 g/mol. The first-order valence-electron chi connectivity index (χ1n) is 9.38. The highest BCUT2D eigenvalue weighted by Crippen LogP contribution is 2.25. The second kappa shape index (κ2) is 9.45. The van der Waals surface area contributed by atoms with Gasteiger partial charge in [-0.25, -0.2) is 4.98 Å². The smallest absolute Gasteiger partial charge is 0.259 e. The number of anilines is 3. The summed E-state index contributed by atoms with van der Waals surface area (Å²) < 4.78 is 10.9. The van der Waals surface area contributed by atoms with Crippen LogP contribution in [-0.2, 0) is 0 Å². The Morgan fingerprint density at radius 3 is 2.40 bits per heavy atom. The Kier molecular flexibility index (Phi) is 6.74. The molecule has 2 aromatic carbocycles. The minimum Gasteiger partial charge on any atom is -0.496 e. The zero-order chi connectivity index (χ0) is 21.7. The lowest BCUT2D eigenvalue weighted by Gasteiger charge is -2.12. The first-order valence-corrected chi connectivity index (χ1v) is 9.76. The van der Waals surface area contributed by atoms with Gasteiger partial charge in [0, 0.05) is 22.5 Å². The predicted octanol–water partition coefficient (Wildman–Crippen LogP) is 5.23. The third-order valence-electron chi connectivity index (χ3n) is 3.99. The van der Waals surface area contributed by atoms with E-state index in [2.05, 4.69) is 20.6 Å². The third kappa shape index (κ3) is 5.61. The second-order valence-electron chi connectivity index (χ2n) is 6.81. The van der Waals surface area contributed by atoms with Crippen molar-refractivity contribution in [1.29, 1.82) is 0 Å². The number of aromatic nitrogens is 2. The van der Waals surface area contributed by atoms with Crippen LogP contribution in [0.15, 0.2) is 48.5 Å². The van der Waals surface area contributed by atoms with Gasteiger partial charge in [-0.05, 0) is 63.2 Å².